The number of benzene rings is 3. The van der Waals surface area contributed by atoms with Crippen LogP contribution >= 0.6 is 0 Å². The molecule has 2 heterocycles. The molecule has 0 saturated carbocycles. The summed E-state index contributed by atoms with van der Waals surface area (Å²) in [7, 11) is 0. The van der Waals surface area contributed by atoms with Crippen LogP contribution < -0.4 is 10.2 Å². The molecule has 2 fully saturated rings. The van der Waals surface area contributed by atoms with E-state index in [1.54, 1.807) is 12.1 Å². The van der Waals surface area contributed by atoms with E-state index in [-0.39, 0.29) is 36.0 Å². The van der Waals surface area contributed by atoms with E-state index in [0.29, 0.717) is 13.0 Å². The fraction of sp³-hybridized carbons (Fsp3) is 0.364. The van der Waals surface area contributed by atoms with Gasteiger partial charge in [-0.25, -0.2) is 4.79 Å². The first kappa shape index (κ1) is 31.1. The number of aliphatic hydroxyl groups excluding tert-OH is 1. The predicted molar refractivity (Wildman–Crippen MR) is 165 cm³/mol. The number of hydrogen-bond acceptors (Lipinski definition) is 9. The lowest BCUT2D eigenvalue weighted by atomic mass is 9.99. The molecule has 2 N–H and O–H groups in total. The minimum Gasteiger partial charge on any atom is -0.445 e. The summed E-state index contributed by atoms with van der Waals surface area (Å²) in [6.45, 7) is 8.06. The fourth-order valence-electron chi connectivity index (χ4n) is 5.45. The molecule has 0 aromatic heterocycles. The number of aliphatic hydroxyl groups is 1. The number of nitrogens with zero attached hydrogens (tertiary/aromatic N) is 3. The van der Waals surface area contributed by atoms with Gasteiger partial charge in [-0.05, 0) is 28.8 Å². The van der Waals surface area contributed by atoms with E-state index in [0.717, 1.165) is 60.7 Å². The van der Waals surface area contributed by atoms with Crippen LogP contribution in [0, 0.1) is 10.1 Å². The molecule has 5 rings (SSSR count). The molecule has 0 spiro atoms. The summed E-state index contributed by atoms with van der Waals surface area (Å²) in [5.74, 6) is 0. The number of nitro groups is 1. The maximum Gasteiger partial charge on any atom is 0.407 e. The molecular weight excluding hydrogens is 564 g/mol. The summed E-state index contributed by atoms with van der Waals surface area (Å²) in [6.07, 6.45) is 0.863. The summed E-state index contributed by atoms with van der Waals surface area (Å²) in [6, 6.07) is 22.3. The average molecular weight is 603 g/mol. The van der Waals surface area contributed by atoms with Gasteiger partial charge in [0.2, 0.25) is 0 Å². The molecule has 232 valence electrons. The van der Waals surface area contributed by atoms with Crippen molar-refractivity contribution in [1.82, 2.24) is 10.2 Å². The Hall–Kier alpha value is -4.29. The maximum atomic E-state index is 11.8. The Morgan fingerprint density at radius 1 is 0.977 bits per heavy atom. The Bertz CT molecular complexity index is 1390. The molecule has 3 atom stereocenters. The number of carbonyl (C=O) groups excluding carboxylic acids is 1. The zero-order valence-corrected chi connectivity index (χ0v) is 24.5. The van der Waals surface area contributed by atoms with Crippen LogP contribution in [0.4, 0.5) is 16.2 Å². The Labute approximate surface area is 256 Å². The number of nitro benzene ring substituents is 1. The van der Waals surface area contributed by atoms with Crippen LogP contribution in [-0.2, 0) is 27.4 Å². The van der Waals surface area contributed by atoms with Gasteiger partial charge in [-0.15, -0.1) is 0 Å². The molecule has 3 aromatic rings. The smallest absolute Gasteiger partial charge is 0.407 e. The number of hydrogen-bond donors (Lipinski definition) is 2. The van der Waals surface area contributed by atoms with Gasteiger partial charge in [0, 0.05) is 69.1 Å². The summed E-state index contributed by atoms with van der Waals surface area (Å²) in [5, 5.41) is 23.2. The Morgan fingerprint density at radius 2 is 1.64 bits per heavy atom. The zero-order chi connectivity index (χ0) is 30.9. The molecule has 0 bridgehead atoms. The van der Waals surface area contributed by atoms with Crippen molar-refractivity contribution in [2.45, 2.75) is 38.1 Å². The molecule has 1 amide bonds. The minimum absolute atomic E-state index is 0.0147. The fourth-order valence-corrected chi connectivity index (χ4v) is 5.45. The summed E-state index contributed by atoms with van der Waals surface area (Å²) in [5.41, 5.74) is 4.75. The van der Waals surface area contributed by atoms with E-state index >= 15 is 0 Å². The van der Waals surface area contributed by atoms with Gasteiger partial charge < -0.3 is 29.5 Å². The molecule has 2 aliphatic rings. The first-order chi connectivity index (χ1) is 21.4. The number of rotatable bonds is 11. The largest absolute Gasteiger partial charge is 0.445 e. The number of carbonyl (C=O) groups is 1. The van der Waals surface area contributed by atoms with E-state index in [9.17, 15) is 20.0 Å². The second-order valence-electron chi connectivity index (χ2n) is 10.9. The molecule has 44 heavy (non-hydrogen) atoms. The van der Waals surface area contributed by atoms with Gasteiger partial charge in [-0.3, -0.25) is 15.0 Å². The maximum absolute atomic E-state index is 11.8. The molecule has 11 heteroatoms. The summed E-state index contributed by atoms with van der Waals surface area (Å²) < 4.78 is 18.0. The quantitative estimate of drug-likeness (QED) is 0.180. The van der Waals surface area contributed by atoms with Crippen LogP contribution in [0.1, 0.15) is 41.1 Å². The van der Waals surface area contributed by atoms with Gasteiger partial charge in [0.15, 0.2) is 6.29 Å². The molecular formula is C33H38N4O7. The van der Waals surface area contributed by atoms with E-state index < -0.39 is 12.4 Å². The molecule has 0 radical (unpaired) electrons. The highest BCUT2D eigenvalue weighted by Gasteiger charge is 2.34. The van der Waals surface area contributed by atoms with E-state index in [1.807, 2.05) is 60.7 Å². The van der Waals surface area contributed by atoms with Crippen molar-refractivity contribution in [3.05, 3.63) is 118 Å². The van der Waals surface area contributed by atoms with Crippen molar-refractivity contribution < 1.29 is 29.0 Å². The van der Waals surface area contributed by atoms with Crippen LogP contribution in [-0.4, -0.2) is 66.5 Å². The molecule has 0 aliphatic carbocycles. The summed E-state index contributed by atoms with van der Waals surface area (Å²) >= 11 is 0. The lowest BCUT2D eigenvalue weighted by Crippen LogP contribution is -2.49. The van der Waals surface area contributed by atoms with Crippen molar-refractivity contribution in [3.63, 3.8) is 0 Å². The first-order valence-electron chi connectivity index (χ1n) is 14.7. The molecule has 2 aliphatic heterocycles. The van der Waals surface area contributed by atoms with Crippen LogP contribution in [0.25, 0.3) is 0 Å². The number of ether oxygens (including phenoxy) is 3. The Kier molecular flexibility index (Phi) is 10.6. The van der Waals surface area contributed by atoms with Crippen molar-refractivity contribution in [1.29, 1.82) is 0 Å². The van der Waals surface area contributed by atoms with E-state index in [4.69, 9.17) is 14.2 Å². The van der Waals surface area contributed by atoms with Gasteiger partial charge in [-0.2, -0.15) is 0 Å². The van der Waals surface area contributed by atoms with Crippen molar-refractivity contribution in [3.8, 4) is 0 Å². The molecule has 11 nitrogen and oxygen atoms in total. The second kappa shape index (κ2) is 14.9. The van der Waals surface area contributed by atoms with Crippen molar-refractivity contribution >= 4 is 17.5 Å². The predicted octanol–water partition coefficient (Wildman–Crippen LogP) is 4.87. The highest BCUT2D eigenvalue weighted by atomic mass is 16.7. The number of non-ortho nitro benzene ring substituents is 1. The van der Waals surface area contributed by atoms with Crippen LogP contribution in [0.5, 0.6) is 0 Å². The van der Waals surface area contributed by atoms with E-state index in [1.165, 1.54) is 6.08 Å². The third-order valence-corrected chi connectivity index (χ3v) is 7.90. The normalized spacial score (nSPS) is 20.6. The number of amides is 1. The average Bonchev–Trinajstić information content (AvgIpc) is 3.07. The molecule has 3 aromatic carbocycles. The van der Waals surface area contributed by atoms with Gasteiger partial charge in [0.1, 0.15) is 6.61 Å². The Balaban J connectivity index is 1.23. The number of nitrogens with one attached hydrogen (secondary N) is 1. The summed E-state index contributed by atoms with van der Waals surface area (Å²) in [4.78, 5) is 27.0. The van der Waals surface area contributed by atoms with Crippen LogP contribution in [0.15, 0.2) is 85.5 Å². The van der Waals surface area contributed by atoms with Gasteiger partial charge >= 0.3 is 6.09 Å². The standard InChI is InChI=1S/C33H38N4O7/c1-2-19-42-33(39)34-21-24-3-9-27(10-4-24)32-43-30(20-31(44-32)26-7-5-25(23-38)6-8-26)22-35-15-17-36(18-16-35)28-11-13-29(14-12-28)37(40)41/h2-14,30-32,38H,1,15-23H2,(H,34,39). The highest BCUT2D eigenvalue weighted by Crippen LogP contribution is 2.38. The number of anilines is 1. The zero-order valence-electron chi connectivity index (χ0n) is 24.5. The second-order valence-corrected chi connectivity index (χ2v) is 10.9. The van der Waals surface area contributed by atoms with Crippen molar-refractivity contribution in [2.24, 2.45) is 0 Å². The van der Waals surface area contributed by atoms with Crippen LogP contribution in [0.3, 0.4) is 0 Å². The van der Waals surface area contributed by atoms with Crippen molar-refractivity contribution in [2.75, 3.05) is 44.2 Å². The Morgan fingerprint density at radius 3 is 2.27 bits per heavy atom. The molecule has 3 unspecified atom stereocenters. The number of piperazine rings is 1. The number of alkyl carbamates (subject to hydrolysis) is 1. The van der Waals surface area contributed by atoms with Gasteiger partial charge in [-0.1, -0.05) is 61.2 Å². The third kappa shape index (κ3) is 8.20. The minimum atomic E-state index is -0.572. The monoisotopic (exact) mass is 602 g/mol. The lowest BCUT2D eigenvalue weighted by Gasteiger charge is -2.41. The van der Waals surface area contributed by atoms with Gasteiger partial charge in [0.25, 0.3) is 5.69 Å². The highest BCUT2D eigenvalue weighted by molar-refractivity contribution is 5.67. The first-order valence-corrected chi connectivity index (χ1v) is 14.7. The van der Waals surface area contributed by atoms with Gasteiger partial charge in [0.05, 0.1) is 23.7 Å². The van der Waals surface area contributed by atoms with Crippen LogP contribution in [0.2, 0.25) is 0 Å². The molecule has 2 saturated heterocycles. The van der Waals surface area contributed by atoms with E-state index in [2.05, 4.69) is 21.7 Å². The lowest BCUT2D eigenvalue weighted by molar-refractivity contribution is -0.384. The third-order valence-electron chi connectivity index (χ3n) is 7.90. The topological polar surface area (TPSA) is 127 Å². The SMILES string of the molecule is C=CCOC(=O)NCc1ccc(C2OC(CN3CCN(c4ccc([N+](=O)[O-])cc4)CC3)CC(c3ccc(CO)cc3)O2)cc1.